The van der Waals surface area contributed by atoms with E-state index in [9.17, 15) is 0 Å². The zero-order chi connectivity index (χ0) is 28.0. The lowest BCUT2D eigenvalue weighted by atomic mass is 9.88. The van der Waals surface area contributed by atoms with Gasteiger partial charge in [0.1, 0.15) is 18.8 Å². The van der Waals surface area contributed by atoms with Gasteiger partial charge in [0.25, 0.3) is 0 Å². The molecule has 0 saturated heterocycles. The zero-order valence-electron chi connectivity index (χ0n) is 24.3. The SMILES string of the molecule is COc1ccc2cc(CCc3cc4[n+](c5ccccc35)CCCc3ccc5c(c3-4)-c3cccc[n+]3CCC5)ccc2c1. The second-order valence-electron chi connectivity index (χ2n) is 11.9. The summed E-state index contributed by atoms with van der Waals surface area (Å²) < 4.78 is 10.5. The maximum atomic E-state index is 5.44. The Morgan fingerprint density at radius 1 is 0.667 bits per heavy atom. The van der Waals surface area contributed by atoms with Gasteiger partial charge in [0.2, 0.25) is 16.9 Å². The molecule has 0 saturated carbocycles. The molecule has 0 unspecified atom stereocenters. The smallest absolute Gasteiger partial charge is 0.214 e. The van der Waals surface area contributed by atoms with Crippen LogP contribution in [0.25, 0.3) is 44.2 Å². The molecule has 6 aromatic rings. The van der Waals surface area contributed by atoms with Crippen LogP contribution in [0.15, 0.2) is 103 Å². The van der Waals surface area contributed by atoms with Crippen LogP contribution in [0.4, 0.5) is 0 Å². The normalized spacial score (nSPS) is 13.9. The van der Waals surface area contributed by atoms with Crippen LogP contribution in [0.3, 0.4) is 0 Å². The molecule has 0 atom stereocenters. The molecule has 3 heteroatoms. The number of rotatable bonds is 4. The van der Waals surface area contributed by atoms with E-state index in [2.05, 4.69) is 112 Å². The number of aromatic nitrogens is 2. The largest absolute Gasteiger partial charge is 0.497 e. The summed E-state index contributed by atoms with van der Waals surface area (Å²) in [4.78, 5) is 0. The molecule has 3 nitrogen and oxygen atoms in total. The number of aryl methyl sites for hydroxylation is 6. The lowest BCUT2D eigenvalue weighted by Crippen LogP contribution is -2.38. The summed E-state index contributed by atoms with van der Waals surface area (Å²) in [6, 6.07) is 36.4. The summed E-state index contributed by atoms with van der Waals surface area (Å²) in [6.45, 7) is 2.11. The van der Waals surface area contributed by atoms with Crippen LogP contribution in [0, 0.1) is 0 Å². The van der Waals surface area contributed by atoms with Crippen molar-refractivity contribution in [2.24, 2.45) is 0 Å². The molecule has 2 aliphatic heterocycles. The summed E-state index contributed by atoms with van der Waals surface area (Å²) in [5.74, 6) is 0.906. The molecule has 42 heavy (non-hydrogen) atoms. The second-order valence-corrected chi connectivity index (χ2v) is 11.9. The first kappa shape index (κ1) is 25.2. The maximum Gasteiger partial charge on any atom is 0.214 e. The first-order valence-electron chi connectivity index (χ1n) is 15.4. The van der Waals surface area contributed by atoms with E-state index < -0.39 is 0 Å². The highest BCUT2D eigenvalue weighted by atomic mass is 16.5. The summed E-state index contributed by atoms with van der Waals surface area (Å²) in [5.41, 5.74) is 12.8. The molecule has 2 aliphatic rings. The van der Waals surface area contributed by atoms with Crippen molar-refractivity contribution in [3.05, 3.63) is 126 Å². The van der Waals surface area contributed by atoms with Gasteiger partial charge in [0.05, 0.1) is 18.2 Å². The van der Waals surface area contributed by atoms with Crippen molar-refractivity contribution < 1.29 is 13.9 Å². The number of ether oxygens (including phenoxy) is 1. The third-order valence-electron chi connectivity index (χ3n) is 9.44. The minimum atomic E-state index is 0.906. The quantitative estimate of drug-likeness (QED) is 0.208. The lowest BCUT2D eigenvalue weighted by molar-refractivity contribution is -0.686. The number of pyridine rings is 2. The molecule has 0 spiro atoms. The number of para-hydroxylation sites is 1. The minimum absolute atomic E-state index is 0.906. The zero-order valence-corrected chi connectivity index (χ0v) is 24.3. The number of hydrogen-bond donors (Lipinski definition) is 0. The Bertz CT molecular complexity index is 1990. The molecule has 2 aromatic heterocycles. The van der Waals surface area contributed by atoms with Gasteiger partial charge in [-0.05, 0) is 83.0 Å². The van der Waals surface area contributed by atoms with E-state index in [4.69, 9.17) is 4.74 Å². The van der Waals surface area contributed by atoms with Crippen molar-refractivity contribution in [2.45, 2.75) is 51.6 Å². The van der Waals surface area contributed by atoms with Gasteiger partial charge in [0.15, 0.2) is 6.20 Å². The predicted molar refractivity (Wildman–Crippen MR) is 170 cm³/mol. The Labute approximate surface area is 247 Å². The van der Waals surface area contributed by atoms with Crippen LogP contribution in [-0.4, -0.2) is 7.11 Å². The fourth-order valence-corrected chi connectivity index (χ4v) is 7.38. The molecule has 4 aromatic carbocycles. The lowest BCUT2D eigenvalue weighted by Gasteiger charge is -2.15. The summed E-state index contributed by atoms with van der Waals surface area (Å²) in [6.07, 6.45) is 8.85. The van der Waals surface area contributed by atoms with Gasteiger partial charge in [-0.1, -0.05) is 48.5 Å². The van der Waals surface area contributed by atoms with Crippen LogP contribution in [-0.2, 0) is 38.8 Å². The van der Waals surface area contributed by atoms with Crippen LogP contribution < -0.4 is 13.9 Å². The highest BCUT2D eigenvalue weighted by Crippen LogP contribution is 2.40. The molecule has 8 rings (SSSR count). The Morgan fingerprint density at radius 2 is 1.43 bits per heavy atom. The van der Waals surface area contributed by atoms with Gasteiger partial charge < -0.3 is 4.74 Å². The van der Waals surface area contributed by atoms with E-state index in [-0.39, 0.29) is 0 Å². The van der Waals surface area contributed by atoms with Crippen molar-refractivity contribution in [1.29, 1.82) is 0 Å². The summed E-state index contributed by atoms with van der Waals surface area (Å²) in [7, 11) is 1.73. The van der Waals surface area contributed by atoms with Crippen LogP contribution >= 0.6 is 0 Å². The van der Waals surface area contributed by atoms with E-state index in [1.807, 2.05) is 0 Å². The van der Waals surface area contributed by atoms with E-state index in [1.54, 1.807) is 7.11 Å². The third kappa shape index (κ3) is 4.27. The highest BCUT2D eigenvalue weighted by Gasteiger charge is 2.32. The van der Waals surface area contributed by atoms with Crippen molar-refractivity contribution in [3.8, 4) is 28.3 Å². The van der Waals surface area contributed by atoms with Gasteiger partial charge in [0, 0.05) is 42.5 Å². The van der Waals surface area contributed by atoms with Crippen molar-refractivity contribution in [2.75, 3.05) is 7.11 Å². The van der Waals surface area contributed by atoms with Crippen LogP contribution in [0.1, 0.15) is 35.1 Å². The summed E-state index contributed by atoms with van der Waals surface area (Å²) in [5, 5.41) is 3.87. The minimum Gasteiger partial charge on any atom is -0.497 e. The van der Waals surface area contributed by atoms with E-state index in [1.165, 1.54) is 72.9 Å². The molecular weight excluding hydrogens is 512 g/mol. The Kier molecular flexibility index (Phi) is 6.25. The van der Waals surface area contributed by atoms with E-state index in [0.717, 1.165) is 50.9 Å². The summed E-state index contributed by atoms with van der Waals surface area (Å²) >= 11 is 0. The standard InChI is InChI=1S/C39H36N2O/c1-42-33-20-19-30-24-27(13-15-31(30)25-33)14-16-32-26-37-39-29(9-7-23-41(37)35-11-3-2-10-34(32)35)18-17-28-8-6-22-40-21-5-4-12-36(40)38(28)39/h2-5,10-13,15,17-21,24-26H,6-9,14,16,22-23H2,1H3/q+2. The predicted octanol–water partition coefficient (Wildman–Crippen LogP) is 7.59. The number of benzene rings is 4. The second kappa shape index (κ2) is 10.4. The van der Waals surface area contributed by atoms with Gasteiger partial charge in [-0.15, -0.1) is 0 Å². The van der Waals surface area contributed by atoms with Gasteiger partial charge in [-0.2, -0.15) is 9.13 Å². The topological polar surface area (TPSA) is 17.0 Å². The average Bonchev–Trinajstić information content (AvgIpc) is 3.35. The Balaban J connectivity index is 1.28. The molecule has 0 N–H and O–H groups in total. The molecular formula is C39H36N2O+2. The van der Waals surface area contributed by atoms with Crippen molar-refractivity contribution >= 4 is 21.7 Å². The maximum absolute atomic E-state index is 5.44. The van der Waals surface area contributed by atoms with E-state index in [0.29, 0.717) is 0 Å². The Hall–Kier alpha value is -4.50. The first-order valence-corrected chi connectivity index (χ1v) is 15.4. The molecule has 0 bridgehead atoms. The van der Waals surface area contributed by atoms with Gasteiger partial charge in [-0.25, -0.2) is 0 Å². The molecule has 4 heterocycles. The number of methoxy groups -OCH3 is 1. The fraction of sp³-hybridized carbons (Fsp3) is 0.231. The van der Waals surface area contributed by atoms with E-state index >= 15 is 0 Å². The Morgan fingerprint density at radius 3 is 2.31 bits per heavy atom. The number of nitrogens with zero attached hydrogens (tertiary/aromatic N) is 2. The molecule has 0 fully saturated rings. The van der Waals surface area contributed by atoms with Crippen LogP contribution in [0.5, 0.6) is 5.75 Å². The van der Waals surface area contributed by atoms with Crippen molar-refractivity contribution in [1.82, 2.24) is 0 Å². The molecule has 0 aliphatic carbocycles. The molecule has 0 radical (unpaired) electrons. The monoisotopic (exact) mass is 548 g/mol. The fourth-order valence-electron chi connectivity index (χ4n) is 7.38. The van der Waals surface area contributed by atoms with Crippen molar-refractivity contribution in [3.63, 3.8) is 0 Å². The van der Waals surface area contributed by atoms with Gasteiger partial charge in [-0.3, -0.25) is 0 Å². The molecule has 0 amide bonds. The number of hydrogen-bond acceptors (Lipinski definition) is 1. The molecule has 206 valence electrons. The highest BCUT2D eigenvalue weighted by molar-refractivity contribution is 5.88. The third-order valence-corrected chi connectivity index (χ3v) is 9.44. The number of fused-ring (bicyclic) bond motifs is 10. The first-order chi connectivity index (χ1) is 20.8. The van der Waals surface area contributed by atoms with Gasteiger partial charge >= 0.3 is 0 Å². The van der Waals surface area contributed by atoms with Crippen LogP contribution in [0.2, 0.25) is 0 Å². The average molecular weight is 549 g/mol.